The van der Waals surface area contributed by atoms with Crippen LogP contribution in [0.2, 0.25) is 0 Å². The van der Waals surface area contributed by atoms with Gasteiger partial charge in [0.05, 0.1) is 18.8 Å². The Kier molecular flexibility index (Phi) is 7.42. The second-order valence-electron chi connectivity index (χ2n) is 5.47. The number of carbonyl (C=O) groups is 2. The van der Waals surface area contributed by atoms with Crippen molar-refractivity contribution in [3.63, 3.8) is 0 Å². The molecule has 21 heavy (non-hydrogen) atoms. The summed E-state index contributed by atoms with van der Waals surface area (Å²) in [4.78, 5) is 26.0. The minimum absolute atomic E-state index is 0. The highest BCUT2D eigenvalue weighted by atomic mass is 35.5. The van der Waals surface area contributed by atoms with Gasteiger partial charge in [-0.15, -0.1) is 12.4 Å². The van der Waals surface area contributed by atoms with E-state index in [1.54, 1.807) is 4.90 Å². The van der Waals surface area contributed by atoms with Crippen molar-refractivity contribution >= 4 is 24.2 Å². The standard InChI is InChI=1S/C14H25N3O3.ClH/c1-2-14(5-3-6-16-14)13(19)15-7-4-12(18)17-8-10-20-11-9-17;/h16H,2-11H2,1H3,(H,15,19);1H. The van der Waals surface area contributed by atoms with Crippen LogP contribution in [-0.4, -0.2) is 61.6 Å². The van der Waals surface area contributed by atoms with Crippen molar-refractivity contribution in [1.29, 1.82) is 0 Å². The lowest BCUT2D eigenvalue weighted by molar-refractivity contribution is -0.135. The summed E-state index contributed by atoms with van der Waals surface area (Å²) < 4.78 is 5.22. The van der Waals surface area contributed by atoms with Gasteiger partial charge in [-0.2, -0.15) is 0 Å². The van der Waals surface area contributed by atoms with Gasteiger partial charge in [0.1, 0.15) is 0 Å². The monoisotopic (exact) mass is 319 g/mol. The second kappa shape index (κ2) is 8.56. The highest BCUT2D eigenvalue weighted by Gasteiger charge is 2.38. The molecule has 0 saturated carbocycles. The fourth-order valence-corrected chi connectivity index (χ4v) is 2.89. The first kappa shape index (κ1) is 18.2. The molecule has 122 valence electrons. The summed E-state index contributed by atoms with van der Waals surface area (Å²) in [5.41, 5.74) is -0.415. The summed E-state index contributed by atoms with van der Waals surface area (Å²) in [6, 6.07) is 0. The van der Waals surface area contributed by atoms with Crippen LogP contribution in [0.15, 0.2) is 0 Å². The molecule has 0 aromatic carbocycles. The van der Waals surface area contributed by atoms with E-state index in [4.69, 9.17) is 4.74 Å². The largest absolute Gasteiger partial charge is 0.378 e. The molecule has 0 spiro atoms. The number of nitrogens with zero attached hydrogens (tertiary/aromatic N) is 1. The van der Waals surface area contributed by atoms with E-state index >= 15 is 0 Å². The number of rotatable bonds is 5. The first-order valence-electron chi connectivity index (χ1n) is 7.57. The second-order valence-corrected chi connectivity index (χ2v) is 5.47. The minimum Gasteiger partial charge on any atom is -0.378 e. The molecule has 2 aliphatic heterocycles. The lowest BCUT2D eigenvalue weighted by Gasteiger charge is -2.28. The molecule has 1 atom stereocenters. The first-order valence-corrected chi connectivity index (χ1v) is 7.57. The van der Waals surface area contributed by atoms with Crippen molar-refractivity contribution in [2.75, 3.05) is 39.4 Å². The van der Waals surface area contributed by atoms with Crippen LogP contribution in [0.5, 0.6) is 0 Å². The van der Waals surface area contributed by atoms with Crippen molar-refractivity contribution in [2.45, 2.75) is 38.1 Å². The molecule has 2 amide bonds. The number of amides is 2. The molecule has 2 fully saturated rings. The van der Waals surface area contributed by atoms with E-state index in [2.05, 4.69) is 10.6 Å². The summed E-state index contributed by atoms with van der Waals surface area (Å²) in [5, 5.41) is 6.20. The first-order chi connectivity index (χ1) is 9.68. The predicted molar refractivity (Wildman–Crippen MR) is 82.5 cm³/mol. The van der Waals surface area contributed by atoms with Crippen LogP contribution in [0, 0.1) is 0 Å². The maximum atomic E-state index is 12.2. The SMILES string of the molecule is CCC1(C(=O)NCCC(=O)N2CCOCC2)CCCN1.Cl. The highest BCUT2D eigenvalue weighted by Crippen LogP contribution is 2.22. The van der Waals surface area contributed by atoms with Crippen LogP contribution in [0.25, 0.3) is 0 Å². The van der Waals surface area contributed by atoms with Gasteiger partial charge in [0, 0.05) is 26.1 Å². The van der Waals surface area contributed by atoms with Gasteiger partial charge in [-0.1, -0.05) is 6.92 Å². The number of ether oxygens (including phenoxy) is 1. The Morgan fingerprint density at radius 2 is 2.05 bits per heavy atom. The fraction of sp³-hybridized carbons (Fsp3) is 0.857. The van der Waals surface area contributed by atoms with Crippen LogP contribution in [0.3, 0.4) is 0 Å². The van der Waals surface area contributed by atoms with Crippen molar-refractivity contribution in [1.82, 2.24) is 15.5 Å². The molecule has 7 heteroatoms. The Balaban J connectivity index is 0.00000220. The van der Waals surface area contributed by atoms with Crippen molar-refractivity contribution in [3.05, 3.63) is 0 Å². The molecule has 0 aromatic rings. The Labute approximate surface area is 132 Å². The molecule has 0 radical (unpaired) electrons. The zero-order valence-electron chi connectivity index (χ0n) is 12.7. The maximum absolute atomic E-state index is 12.2. The molecule has 2 rings (SSSR count). The van der Waals surface area contributed by atoms with Crippen molar-refractivity contribution in [3.8, 4) is 0 Å². The Hall–Kier alpha value is -0.850. The van der Waals surface area contributed by atoms with E-state index in [1.807, 2.05) is 6.92 Å². The van der Waals surface area contributed by atoms with Gasteiger partial charge < -0.3 is 20.3 Å². The molecule has 1 unspecified atom stereocenters. The summed E-state index contributed by atoms with van der Waals surface area (Å²) in [5.74, 6) is 0.130. The Morgan fingerprint density at radius 3 is 2.62 bits per heavy atom. The molecule has 0 aromatic heterocycles. The van der Waals surface area contributed by atoms with E-state index in [1.165, 1.54) is 0 Å². The van der Waals surface area contributed by atoms with Crippen LogP contribution >= 0.6 is 12.4 Å². The third-order valence-electron chi connectivity index (χ3n) is 4.27. The van der Waals surface area contributed by atoms with Gasteiger partial charge in [-0.05, 0) is 25.8 Å². The van der Waals surface area contributed by atoms with Crippen molar-refractivity contribution < 1.29 is 14.3 Å². The molecular formula is C14H26ClN3O3. The smallest absolute Gasteiger partial charge is 0.240 e. The normalized spacial score (nSPS) is 25.3. The molecule has 0 aliphatic carbocycles. The van der Waals surface area contributed by atoms with Crippen LogP contribution in [0.1, 0.15) is 32.6 Å². The molecule has 2 aliphatic rings. The number of hydrogen-bond donors (Lipinski definition) is 2. The molecule has 2 heterocycles. The zero-order chi connectivity index (χ0) is 14.4. The number of morpholine rings is 1. The molecular weight excluding hydrogens is 294 g/mol. The quantitative estimate of drug-likeness (QED) is 0.765. The van der Waals surface area contributed by atoms with Crippen LogP contribution < -0.4 is 10.6 Å². The number of nitrogens with one attached hydrogen (secondary N) is 2. The third-order valence-corrected chi connectivity index (χ3v) is 4.27. The van der Waals surface area contributed by atoms with Gasteiger partial charge in [-0.3, -0.25) is 9.59 Å². The fourth-order valence-electron chi connectivity index (χ4n) is 2.89. The summed E-state index contributed by atoms with van der Waals surface area (Å²) in [6.07, 6.45) is 3.07. The van der Waals surface area contributed by atoms with Crippen LogP contribution in [0.4, 0.5) is 0 Å². The lowest BCUT2D eigenvalue weighted by atomic mass is 9.93. The maximum Gasteiger partial charge on any atom is 0.240 e. The van der Waals surface area contributed by atoms with E-state index in [0.717, 1.165) is 25.8 Å². The van der Waals surface area contributed by atoms with E-state index in [-0.39, 0.29) is 24.2 Å². The van der Waals surface area contributed by atoms with Gasteiger partial charge in [0.2, 0.25) is 11.8 Å². The highest BCUT2D eigenvalue weighted by molar-refractivity contribution is 5.87. The van der Waals surface area contributed by atoms with Crippen LogP contribution in [-0.2, 0) is 14.3 Å². The van der Waals surface area contributed by atoms with E-state index in [0.29, 0.717) is 39.3 Å². The summed E-state index contributed by atoms with van der Waals surface area (Å²) >= 11 is 0. The molecule has 6 nitrogen and oxygen atoms in total. The van der Waals surface area contributed by atoms with E-state index < -0.39 is 5.54 Å². The molecule has 0 bridgehead atoms. The number of carbonyl (C=O) groups excluding carboxylic acids is 2. The van der Waals surface area contributed by atoms with Gasteiger partial charge in [0.15, 0.2) is 0 Å². The third kappa shape index (κ3) is 4.56. The average molecular weight is 320 g/mol. The van der Waals surface area contributed by atoms with Gasteiger partial charge >= 0.3 is 0 Å². The number of halogens is 1. The molecule has 2 saturated heterocycles. The average Bonchev–Trinajstić information content (AvgIpc) is 2.98. The summed E-state index contributed by atoms with van der Waals surface area (Å²) in [7, 11) is 0. The predicted octanol–water partition coefficient (Wildman–Crippen LogP) is 0.306. The Bertz CT molecular complexity index is 353. The molecule has 2 N–H and O–H groups in total. The van der Waals surface area contributed by atoms with Crippen molar-refractivity contribution in [2.24, 2.45) is 0 Å². The lowest BCUT2D eigenvalue weighted by Crippen LogP contribution is -2.53. The topological polar surface area (TPSA) is 70.7 Å². The Morgan fingerprint density at radius 1 is 1.33 bits per heavy atom. The minimum atomic E-state index is -0.415. The summed E-state index contributed by atoms with van der Waals surface area (Å²) in [6.45, 7) is 5.88. The zero-order valence-corrected chi connectivity index (χ0v) is 13.5. The van der Waals surface area contributed by atoms with E-state index in [9.17, 15) is 9.59 Å². The number of hydrogen-bond acceptors (Lipinski definition) is 4. The van der Waals surface area contributed by atoms with Gasteiger partial charge in [0.25, 0.3) is 0 Å². The van der Waals surface area contributed by atoms with Gasteiger partial charge in [-0.25, -0.2) is 0 Å².